The first kappa shape index (κ1) is 22.3. The first-order valence-electron chi connectivity index (χ1n) is 11.9. The highest BCUT2D eigenvalue weighted by Gasteiger charge is 2.19. The van der Waals surface area contributed by atoms with Crippen molar-refractivity contribution in [3.8, 4) is 0 Å². The van der Waals surface area contributed by atoms with Gasteiger partial charge in [-0.1, -0.05) is 36.4 Å². The summed E-state index contributed by atoms with van der Waals surface area (Å²) in [6.07, 6.45) is 8.12. The van der Waals surface area contributed by atoms with E-state index >= 15 is 0 Å². The third kappa shape index (κ3) is 6.07. The predicted molar refractivity (Wildman–Crippen MR) is 132 cm³/mol. The molecule has 2 aliphatic heterocycles. The second kappa shape index (κ2) is 11.6. The van der Waals surface area contributed by atoms with E-state index in [0.29, 0.717) is 0 Å². The van der Waals surface area contributed by atoms with Crippen LogP contribution in [0.5, 0.6) is 0 Å². The first-order chi connectivity index (χ1) is 15.8. The Balaban J connectivity index is 1.22. The van der Waals surface area contributed by atoms with Crippen LogP contribution < -0.4 is 10.2 Å². The molecule has 1 aromatic heterocycles. The molecule has 7 nitrogen and oxygen atoms in total. The number of nitrogens with zero attached hydrogens (tertiary/aromatic N) is 6. The molecule has 1 aromatic carbocycles. The van der Waals surface area contributed by atoms with Crippen LogP contribution in [0.3, 0.4) is 0 Å². The monoisotopic (exact) mass is 433 g/mol. The average molecular weight is 434 g/mol. The molecule has 0 spiro atoms. The third-order valence-electron chi connectivity index (χ3n) is 6.09. The van der Waals surface area contributed by atoms with Crippen molar-refractivity contribution in [2.45, 2.75) is 19.8 Å². The summed E-state index contributed by atoms with van der Waals surface area (Å²) >= 11 is 0. The minimum absolute atomic E-state index is 0.845. The van der Waals surface area contributed by atoms with Gasteiger partial charge in [0.15, 0.2) is 5.96 Å². The molecule has 2 aliphatic rings. The third-order valence-corrected chi connectivity index (χ3v) is 6.09. The van der Waals surface area contributed by atoms with E-state index in [0.717, 1.165) is 83.7 Å². The average Bonchev–Trinajstić information content (AvgIpc) is 2.87. The van der Waals surface area contributed by atoms with E-state index in [1.165, 1.54) is 11.1 Å². The fraction of sp³-hybridized carbons (Fsp3) is 0.480. The molecule has 3 heterocycles. The van der Waals surface area contributed by atoms with Gasteiger partial charge in [0.1, 0.15) is 0 Å². The van der Waals surface area contributed by atoms with Gasteiger partial charge in [-0.3, -0.25) is 9.89 Å². The number of rotatable bonds is 7. The lowest BCUT2D eigenvalue weighted by atomic mass is 10.00. The van der Waals surface area contributed by atoms with E-state index in [4.69, 9.17) is 4.99 Å². The highest BCUT2D eigenvalue weighted by Crippen LogP contribution is 2.22. The number of aliphatic imine (C=N–C) groups is 1. The quantitative estimate of drug-likeness (QED) is 0.412. The summed E-state index contributed by atoms with van der Waals surface area (Å²) in [7, 11) is 0. The van der Waals surface area contributed by atoms with Crippen LogP contribution in [0.2, 0.25) is 0 Å². The minimum atomic E-state index is 0.845. The SMILES string of the molecule is CCNC(=NCCCN1CCN(c2ncccn2)CC1)N1CC=C(c2ccccc2)CC1. The summed E-state index contributed by atoms with van der Waals surface area (Å²) in [4.78, 5) is 20.8. The molecule has 1 fully saturated rings. The van der Waals surface area contributed by atoms with Crippen LogP contribution in [0.25, 0.3) is 5.57 Å². The lowest BCUT2D eigenvalue weighted by molar-refractivity contribution is 0.255. The van der Waals surface area contributed by atoms with Gasteiger partial charge in [-0.15, -0.1) is 0 Å². The van der Waals surface area contributed by atoms with Crippen molar-refractivity contribution in [2.75, 3.05) is 63.8 Å². The zero-order chi connectivity index (χ0) is 22.0. The lowest BCUT2D eigenvalue weighted by Crippen LogP contribution is -2.47. The Bertz CT molecular complexity index is 874. The zero-order valence-electron chi connectivity index (χ0n) is 19.2. The molecular weight excluding hydrogens is 398 g/mol. The topological polar surface area (TPSA) is 59.9 Å². The Hall–Kier alpha value is -2.93. The highest BCUT2D eigenvalue weighted by molar-refractivity contribution is 5.81. The molecular formula is C25H35N7. The minimum Gasteiger partial charge on any atom is -0.357 e. The maximum absolute atomic E-state index is 4.93. The van der Waals surface area contributed by atoms with Crippen LogP contribution >= 0.6 is 0 Å². The van der Waals surface area contributed by atoms with Crippen LogP contribution in [0.1, 0.15) is 25.3 Å². The van der Waals surface area contributed by atoms with Gasteiger partial charge in [0.05, 0.1) is 0 Å². The van der Waals surface area contributed by atoms with Crippen molar-refractivity contribution in [1.82, 2.24) is 25.1 Å². The van der Waals surface area contributed by atoms with Crippen molar-refractivity contribution < 1.29 is 0 Å². The summed E-state index contributed by atoms with van der Waals surface area (Å²) in [5, 5.41) is 3.48. The van der Waals surface area contributed by atoms with E-state index in [9.17, 15) is 0 Å². The van der Waals surface area contributed by atoms with E-state index < -0.39 is 0 Å². The molecule has 0 amide bonds. The molecule has 1 saturated heterocycles. The van der Waals surface area contributed by atoms with Gasteiger partial charge >= 0.3 is 0 Å². The van der Waals surface area contributed by atoms with Gasteiger partial charge in [0, 0.05) is 71.3 Å². The summed E-state index contributed by atoms with van der Waals surface area (Å²) in [6.45, 7) is 11.0. The lowest BCUT2D eigenvalue weighted by Gasteiger charge is -2.34. The van der Waals surface area contributed by atoms with Crippen LogP contribution in [-0.2, 0) is 0 Å². The standard InChI is InChI=1S/C25H35N7/c1-2-26-24(31-16-10-23(11-17-31)22-8-4-3-5-9-22)29-14-7-15-30-18-20-32(21-19-30)25-27-12-6-13-28-25/h3-6,8-10,12-13H,2,7,11,14-21H2,1H3,(H,26,29). The summed E-state index contributed by atoms with van der Waals surface area (Å²) in [6, 6.07) is 12.6. The molecule has 1 N–H and O–H groups in total. The van der Waals surface area contributed by atoms with Gasteiger partial charge in [0.25, 0.3) is 0 Å². The molecule has 0 radical (unpaired) electrons. The molecule has 4 rings (SSSR count). The van der Waals surface area contributed by atoms with Crippen molar-refractivity contribution in [3.63, 3.8) is 0 Å². The number of benzene rings is 1. The van der Waals surface area contributed by atoms with Crippen molar-refractivity contribution in [3.05, 3.63) is 60.4 Å². The van der Waals surface area contributed by atoms with Crippen LogP contribution in [0, 0.1) is 0 Å². The number of anilines is 1. The van der Waals surface area contributed by atoms with Crippen LogP contribution in [-0.4, -0.2) is 84.6 Å². The largest absolute Gasteiger partial charge is 0.357 e. The maximum Gasteiger partial charge on any atom is 0.225 e. The summed E-state index contributed by atoms with van der Waals surface area (Å²) < 4.78 is 0. The smallest absolute Gasteiger partial charge is 0.225 e. The normalized spacial score (nSPS) is 17.9. The molecule has 2 aromatic rings. The van der Waals surface area contributed by atoms with Gasteiger partial charge in [-0.2, -0.15) is 0 Å². The summed E-state index contributed by atoms with van der Waals surface area (Å²) in [5.41, 5.74) is 2.78. The fourth-order valence-corrected chi connectivity index (χ4v) is 4.31. The van der Waals surface area contributed by atoms with Crippen LogP contribution in [0.4, 0.5) is 5.95 Å². The Morgan fingerprint density at radius 3 is 2.47 bits per heavy atom. The Morgan fingerprint density at radius 2 is 1.78 bits per heavy atom. The van der Waals surface area contributed by atoms with E-state index in [2.05, 4.69) is 73.3 Å². The molecule has 0 aliphatic carbocycles. The molecule has 7 heteroatoms. The Kier molecular flexibility index (Phi) is 8.09. The maximum atomic E-state index is 4.93. The molecule has 0 unspecified atom stereocenters. The second-order valence-corrected chi connectivity index (χ2v) is 8.26. The molecule has 32 heavy (non-hydrogen) atoms. The van der Waals surface area contributed by atoms with Gasteiger partial charge in [-0.25, -0.2) is 9.97 Å². The Labute approximate surface area is 191 Å². The molecule has 0 atom stereocenters. The van der Waals surface area contributed by atoms with Crippen molar-refractivity contribution >= 4 is 17.5 Å². The number of nitrogens with one attached hydrogen (secondary N) is 1. The first-order valence-corrected chi connectivity index (χ1v) is 11.9. The van der Waals surface area contributed by atoms with Crippen molar-refractivity contribution in [2.24, 2.45) is 4.99 Å². The molecule has 170 valence electrons. The van der Waals surface area contributed by atoms with Crippen molar-refractivity contribution in [1.29, 1.82) is 0 Å². The zero-order valence-corrected chi connectivity index (χ0v) is 19.2. The van der Waals surface area contributed by atoms with E-state index in [1.54, 1.807) is 0 Å². The Morgan fingerprint density at radius 1 is 1.00 bits per heavy atom. The number of piperazine rings is 1. The predicted octanol–water partition coefficient (Wildman–Crippen LogP) is 2.74. The van der Waals surface area contributed by atoms with Gasteiger partial charge in [0.2, 0.25) is 5.95 Å². The number of hydrogen-bond donors (Lipinski definition) is 1. The van der Waals surface area contributed by atoms with Crippen LogP contribution in [0.15, 0.2) is 59.9 Å². The highest BCUT2D eigenvalue weighted by atomic mass is 15.3. The number of guanidine groups is 1. The summed E-state index contributed by atoms with van der Waals surface area (Å²) in [5.74, 6) is 1.89. The number of aromatic nitrogens is 2. The fourth-order valence-electron chi connectivity index (χ4n) is 4.31. The van der Waals surface area contributed by atoms with E-state index in [1.807, 2.05) is 18.5 Å². The van der Waals surface area contributed by atoms with Gasteiger partial charge < -0.3 is 15.1 Å². The second-order valence-electron chi connectivity index (χ2n) is 8.26. The van der Waals surface area contributed by atoms with Gasteiger partial charge in [-0.05, 0) is 37.0 Å². The number of hydrogen-bond acceptors (Lipinski definition) is 5. The molecule has 0 saturated carbocycles. The molecule has 0 bridgehead atoms. The van der Waals surface area contributed by atoms with E-state index in [-0.39, 0.29) is 0 Å².